The van der Waals surface area contributed by atoms with Crippen molar-refractivity contribution in [2.75, 3.05) is 5.32 Å². The Labute approximate surface area is 190 Å². The summed E-state index contributed by atoms with van der Waals surface area (Å²) in [4.78, 5) is 29.4. The number of nitrogens with zero attached hydrogens (tertiary/aromatic N) is 3. The fourth-order valence-corrected chi connectivity index (χ4v) is 3.20. The van der Waals surface area contributed by atoms with E-state index >= 15 is 0 Å². The molecule has 2 N–H and O–H groups in total. The standard InChI is InChI=1S/C22H16ClF2N5O3/c1-12-2-3-13(20(31)28-18-6-7-27-29-18)8-17(12)30-11-26-21(19(23)22(30)32)33-10-14-4-5-15(24)9-16(14)25/h2-9,11H,10H2,1H3,(H2,27,28,29,31). The van der Waals surface area contributed by atoms with E-state index < -0.39 is 23.1 Å². The average Bonchev–Trinajstić information content (AvgIpc) is 3.29. The number of H-pyrrole nitrogens is 1. The minimum atomic E-state index is -0.791. The molecular weight excluding hydrogens is 456 g/mol. The predicted molar refractivity (Wildman–Crippen MR) is 117 cm³/mol. The minimum absolute atomic E-state index is 0.0743. The van der Waals surface area contributed by atoms with Gasteiger partial charge in [-0.2, -0.15) is 5.10 Å². The molecule has 2 aromatic heterocycles. The van der Waals surface area contributed by atoms with Crippen LogP contribution in [0.1, 0.15) is 21.5 Å². The lowest BCUT2D eigenvalue weighted by atomic mass is 10.1. The molecule has 33 heavy (non-hydrogen) atoms. The fraction of sp³-hybridized carbons (Fsp3) is 0.0909. The maximum absolute atomic E-state index is 13.8. The van der Waals surface area contributed by atoms with Gasteiger partial charge in [0.1, 0.15) is 30.4 Å². The van der Waals surface area contributed by atoms with Crippen molar-refractivity contribution in [3.05, 3.63) is 98.7 Å². The molecule has 2 heterocycles. The lowest BCUT2D eigenvalue weighted by Crippen LogP contribution is -2.22. The first-order valence-corrected chi connectivity index (χ1v) is 9.97. The molecule has 0 saturated carbocycles. The number of aromatic amines is 1. The van der Waals surface area contributed by atoms with E-state index in [-0.39, 0.29) is 23.1 Å². The van der Waals surface area contributed by atoms with E-state index in [2.05, 4.69) is 20.5 Å². The van der Waals surface area contributed by atoms with Crippen molar-refractivity contribution in [3.63, 3.8) is 0 Å². The van der Waals surface area contributed by atoms with Gasteiger partial charge in [0.05, 0.1) is 11.9 Å². The molecule has 4 rings (SSSR count). The Hall–Kier alpha value is -4.05. The number of halogens is 3. The zero-order valence-electron chi connectivity index (χ0n) is 17.1. The fourth-order valence-electron chi connectivity index (χ4n) is 3.00. The molecule has 0 aliphatic carbocycles. The second-order valence-electron chi connectivity index (χ2n) is 6.99. The van der Waals surface area contributed by atoms with Gasteiger partial charge in [0.25, 0.3) is 11.5 Å². The molecule has 0 fully saturated rings. The molecule has 168 valence electrons. The lowest BCUT2D eigenvalue weighted by molar-refractivity contribution is 0.102. The molecule has 0 spiro atoms. The third-order valence-corrected chi connectivity index (χ3v) is 5.07. The predicted octanol–water partition coefficient (Wildman–Crippen LogP) is 4.03. The second-order valence-corrected chi connectivity index (χ2v) is 7.37. The summed E-state index contributed by atoms with van der Waals surface area (Å²) in [6.45, 7) is 1.46. The number of anilines is 1. The van der Waals surface area contributed by atoms with E-state index in [0.717, 1.165) is 12.1 Å². The van der Waals surface area contributed by atoms with E-state index in [1.54, 1.807) is 25.1 Å². The topological polar surface area (TPSA) is 102 Å². The Morgan fingerprint density at radius 2 is 2.03 bits per heavy atom. The summed E-state index contributed by atoms with van der Waals surface area (Å²) in [7, 11) is 0. The Bertz CT molecular complexity index is 1390. The third kappa shape index (κ3) is 4.75. The van der Waals surface area contributed by atoms with Crippen LogP contribution < -0.4 is 15.6 Å². The highest BCUT2D eigenvalue weighted by molar-refractivity contribution is 6.31. The maximum Gasteiger partial charge on any atom is 0.280 e. The van der Waals surface area contributed by atoms with Crippen molar-refractivity contribution in [1.29, 1.82) is 0 Å². The van der Waals surface area contributed by atoms with Crippen LogP contribution in [0, 0.1) is 18.6 Å². The number of aryl methyl sites for hydroxylation is 1. The number of rotatable bonds is 6. The van der Waals surface area contributed by atoms with Crippen molar-refractivity contribution in [3.8, 4) is 11.6 Å². The summed E-state index contributed by atoms with van der Waals surface area (Å²) >= 11 is 6.16. The van der Waals surface area contributed by atoms with Crippen LogP contribution in [0.2, 0.25) is 5.02 Å². The highest BCUT2D eigenvalue weighted by Gasteiger charge is 2.16. The molecule has 0 saturated heterocycles. The normalized spacial score (nSPS) is 10.8. The molecule has 0 aliphatic rings. The zero-order chi connectivity index (χ0) is 23.5. The first kappa shape index (κ1) is 22.2. The van der Waals surface area contributed by atoms with E-state index in [1.807, 2.05) is 0 Å². The van der Waals surface area contributed by atoms with Crippen LogP contribution in [0.15, 0.2) is 59.8 Å². The van der Waals surface area contributed by atoms with Crippen LogP contribution in [0.25, 0.3) is 5.69 Å². The van der Waals surface area contributed by atoms with Gasteiger partial charge in [0.15, 0.2) is 5.02 Å². The van der Waals surface area contributed by atoms with Gasteiger partial charge in [0, 0.05) is 23.3 Å². The van der Waals surface area contributed by atoms with Gasteiger partial charge in [0.2, 0.25) is 5.88 Å². The van der Waals surface area contributed by atoms with E-state index in [9.17, 15) is 18.4 Å². The van der Waals surface area contributed by atoms with Crippen LogP contribution in [0.3, 0.4) is 0 Å². The van der Waals surface area contributed by atoms with Crippen LogP contribution >= 0.6 is 11.6 Å². The number of benzene rings is 2. The Kier molecular flexibility index (Phi) is 6.18. The monoisotopic (exact) mass is 471 g/mol. The summed E-state index contributed by atoms with van der Waals surface area (Å²) in [5.41, 5.74) is 0.805. The maximum atomic E-state index is 13.8. The van der Waals surface area contributed by atoms with Crippen molar-refractivity contribution in [2.45, 2.75) is 13.5 Å². The first-order chi connectivity index (χ1) is 15.8. The number of amides is 1. The molecule has 0 atom stereocenters. The van der Waals surface area contributed by atoms with Crippen molar-refractivity contribution in [2.24, 2.45) is 0 Å². The average molecular weight is 472 g/mol. The van der Waals surface area contributed by atoms with Crippen LogP contribution in [-0.2, 0) is 6.61 Å². The Morgan fingerprint density at radius 3 is 2.76 bits per heavy atom. The van der Waals surface area contributed by atoms with Crippen molar-refractivity contribution in [1.82, 2.24) is 19.7 Å². The SMILES string of the molecule is Cc1ccc(C(=O)Nc2ccn[nH]2)cc1-n1cnc(OCc2ccc(F)cc2F)c(Cl)c1=O. The van der Waals surface area contributed by atoms with Crippen LogP contribution in [0.4, 0.5) is 14.6 Å². The summed E-state index contributed by atoms with van der Waals surface area (Å²) < 4.78 is 33.4. The van der Waals surface area contributed by atoms with Gasteiger partial charge in [-0.1, -0.05) is 17.7 Å². The third-order valence-electron chi connectivity index (χ3n) is 4.74. The highest BCUT2D eigenvalue weighted by Crippen LogP contribution is 2.22. The molecule has 4 aromatic rings. The summed E-state index contributed by atoms with van der Waals surface area (Å²) in [6.07, 6.45) is 2.70. The summed E-state index contributed by atoms with van der Waals surface area (Å²) in [5.74, 6) is -1.70. The van der Waals surface area contributed by atoms with Crippen LogP contribution in [-0.4, -0.2) is 25.7 Å². The molecule has 8 nitrogen and oxygen atoms in total. The zero-order valence-corrected chi connectivity index (χ0v) is 17.9. The lowest BCUT2D eigenvalue weighted by Gasteiger charge is -2.13. The van der Waals surface area contributed by atoms with Gasteiger partial charge in [-0.25, -0.2) is 13.8 Å². The van der Waals surface area contributed by atoms with Crippen LogP contribution in [0.5, 0.6) is 5.88 Å². The molecule has 0 radical (unpaired) electrons. The first-order valence-electron chi connectivity index (χ1n) is 9.59. The Balaban J connectivity index is 1.60. The Morgan fingerprint density at radius 1 is 1.21 bits per heavy atom. The van der Waals surface area contributed by atoms with Crippen molar-refractivity contribution >= 4 is 23.3 Å². The molecular formula is C22H16ClF2N5O3. The summed E-state index contributed by atoms with van der Waals surface area (Å²) in [6, 6.07) is 9.45. The molecule has 1 amide bonds. The van der Waals surface area contributed by atoms with E-state index in [4.69, 9.17) is 16.3 Å². The van der Waals surface area contributed by atoms with E-state index in [1.165, 1.54) is 29.2 Å². The molecule has 11 heteroatoms. The number of hydrogen-bond acceptors (Lipinski definition) is 5. The number of aromatic nitrogens is 4. The molecule has 0 aliphatic heterocycles. The van der Waals surface area contributed by atoms with Gasteiger partial charge < -0.3 is 10.1 Å². The quantitative estimate of drug-likeness (QED) is 0.442. The van der Waals surface area contributed by atoms with Gasteiger partial charge in [-0.15, -0.1) is 0 Å². The number of nitrogens with one attached hydrogen (secondary N) is 2. The molecule has 0 unspecified atom stereocenters. The van der Waals surface area contributed by atoms with Crippen molar-refractivity contribution < 1.29 is 18.3 Å². The smallest absolute Gasteiger partial charge is 0.280 e. The number of carbonyl (C=O) groups is 1. The second kappa shape index (κ2) is 9.21. The number of carbonyl (C=O) groups excluding carboxylic acids is 1. The summed E-state index contributed by atoms with van der Waals surface area (Å²) in [5, 5.41) is 8.72. The highest BCUT2D eigenvalue weighted by atomic mass is 35.5. The van der Waals surface area contributed by atoms with Gasteiger partial charge in [-0.05, 0) is 36.8 Å². The molecule has 2 aromatic carbocycles. The number of hydrogen-bond donors (Lipinski definition) is 2. The minimum Gasteiger partial charge on any atom is -0.471 e. The number of ether oxygens (including phenoxy) is 1. The van der Waals surface area contributed by atoms with Gasteiger partial charge >= 0.3 is 0 Å². The molecule has 0 bridgehead atoms. The van der Waals surface area contributed by atoms with E-state index in [0.29, 0.717) is 22.6 Å². The largest absolute Gasteiger partial charge is 0.471 e. The van der Waals surface area contributed by atoms with Gasteiger partial charge in [-0.3, -0.25) is 19.3 Å².